The normalized spacial score (nSPS) is 17.2. The Morgan fingerprint density at radius 1 is 1.17 bits per heavy atom. The van der Waals surface area contributed by atoms with Crippen molar-refractivity contribution in [3.63, 3.8) is 0 Å². The molecular weight excluding hydrogens is 331 g/mol. The molecule has 0 spiro atoms. The predicted molar refractivity (Wildman–Crippen MR) is 87.5 cm³/mol. The smallest absolute Gasteiger partial charge is 0.254 e. The zero-order valence-electron chi connectivity index (χ0n) is 12.8. The summed E-state index contributed by atoms with van der Waals surface area (Å²) in [5.41, 5.74) is 2.10. The van der Waals surface area contributed by atoms with Crippen molar-refractivity contribution in [1.29, 1.82) is 0 Å². The monoisotopic (exact) mass is 348 g/mol. The molecule has 0 aromatic heterocycles. The molecule has 0 aliphatic heterocycles. The van der Waals surface area contributed by atoms with Gasteiger partial charge in [0, 0.05) is 6.04 Å². The first kappa shape index (κ1) is 16.6. The lowest BCUT2D eigenvalue weighted by molar-refractivity contribution is 0.0929. The van der Waals surface area contributed by atoms with Gasteiger partial charge in [-0.15, -0.1) is 0 Å². The number of amides is 1. The van der Waals surface area contributed by atoms with Crippen molar-refractivity contribution in [2.24, 2.45) is 5.14 Å². The molecule has 1 aliphatic carbocycles. The lowest BCUT2D eigenvalue weighted by atomic mass is 9.88. The van der Waals surface area contributed by atoms with Crippen LogP contribution in [0.5, 0.6) is 0 Å². The average molecular weight is 348 g/mol. The summed E-state index contributed by atoms with van der Waals surface area (Å²) in [4.78, 5) is 12.0. The highest BCUT2D eigenvalue weighted by Gasteiger charge is 2.23. The fourth-order valence-corrected chi connectivity index (χ4v) is 3.48. The molecule has 0 saturated heterocycles. The van der Waals surface area contributed by atoms with E-state index in [1.54, 1.807) is 0 Å². The Morgan fingerprint density at radius 2 is 1.88 bits per heavy atom. The second-order valence-electron chi connectivity index (χ2n) is 5.87. The number of benzene rings is 2. The van der Waals surface area contributed by atoms with Crippen LogP contribution in [0.15, 0.2) is 47.4 Å². The molecule has 1 amide bonds. The Bertz CT molecular complexity index is 896. The summed E-state index contributed by atoms with van der Waals surface area (Å²) in [5, 5.41) is 7.81. The third-order valence-electron chi connectivity index (χ3n) is 4.19. The van der Waals surface area contributed by atoms with E-state index in [4.69, 9.17) is 5.14 Å². The van der Waals surface area contributed by atoms with E-state index in [0.717, 1.165) is 36.6 Å². The van der Waals surface area contributed by atoms with Gasteiger partial charge >= 0.3 is 0 Å². The highest BCUT2D eigenvalue weighted by atomic mass is 32.2. The van der Waals surface area contributed by atoms with E-state index < -0.39 is 21.7 Å². The molecular formula is C17H17FN2O3S. The highest BCUT2D eigenvalue weighted by Crippen LogP contribution is 2.22. The molecule has 0 bridgehead atoms. The summed E-state index contributed by atoms with van der Waals surface area (Å²) in [5.74, 6) is -1.42. The molecule has 2 aromatic rings. The van der Waals surface area contributed by atoms with Gasteiger partial charge < -0.3 is 5.32 Å². The van der Waals surface area contributed by atoms with E-state index in [0.29, 0.717) is 6.42 Å². The predicted octanol–water partition coefficient (Wildman–Crippen LogP) is 1.76. The quantitative estimate of drug-likeness (QED) is 0.886. The summed E-state index contributed by atoms with van der Waals surface area (Å²) in [6, 6.07) is 10.8. The molecule has 126 valence electrons. The van der Waals surface area contributed by atoms with Crippen molar-refractivity contribution in [1.82, 2.24) is 5.32 Å². The van der Waals surface area contributed by atoms with Gasteiger partial charge in [0.25, 0.3) is 5.91 Å². The maximum absolute atomic E-state index is 13.9. The lowest BCUT2D eigenvalue weighted by Gasteiger charge is -2.25. The molecule has 3 rings (SSSR count). The van der Waals surface area contributed by atoms with Crippen molar-refractivity contribution < 1.29 is 17.6 Å². The molecule has 0 heterocycles. The van der Waals surface area contributed by atoms with Crippen LogP contribution >= 0.6 is 0 Å². The number of halogens is 1. The van der Waals surface area contributed by atoms with E-state index in [2.05, 4.69) is 11.4 Å². The SMILES string of the molecule is NS(=O)(=O)c1ccc(F)c(C(=O)NC2CCc3ccccc3C2)c1. The van der Waals surface area contributed by atoms with Gasteiger partial charge in [0.2, 0.25) is 10.0 Å². The minimum absolute atomic E-state index is 0.120. The van der Waals surface area contributed by atoms with E-state index in [1.165, 1.54) is 5.56 Å². The minimum atomic E-state index is -4.00. The number of carbonyl (C=O) groups is 1. The van der Waals surface area contributed by atoms with Crippen molar-refractivity contribution in [3.05, 3.63) is 65.0 Å². The van der Waals surface area contributed by atoms with Crippen LogP contribution in [0.4, 0.5) is 4.39 Å². The Morgan fingerprint density at radius 3 is 2.58 bits per heavy atom. The van der Waals surface area contributed by atoms with E-state index in [-0.39, 0.29) is 16.5 Å². The molecule has 1 unspecified atom stereocenters. The number of carbonyl (C=O) groups excluding carboxylic acids is 1. The van der Waals surface area contributed by atoms with Crippen LogP contribution in [0.1, 0.15) is 27.9 Å². The second kappa shape index (κ2) is 6.33. The molecule has 7 heteroatoms. The number of rotatable bonds is 3. The summed E-state index contributed by atoms with van der Waals surface area (Å²) >= 11 is 0. The van der Waals surface area contributed by atoms with Crippen LogP contribution in [-0.2, 0) is 22.9 Å². The molecule has 5 nitrogen and oxygen atoms in total. The molecule has 1 aliphatic rings. The molecule has 0 radical (unpaired) electrons. The van der Waals surface area contributed by atoms with Gasteiger partial charge in [0.1, 0.15) is 5.82 Å². The van der Waals surface area contributed by atoms with Gasteiger partial charge in [-0.3, -0.25) is 4.79 Å². The Balaban J connectivity index is 1.79. The number of nitrogens with two attached hydrogens (primary N) is 1. The van der Waals surface area contributed by atoms with Crippen LogP contribution in [0, 0.1) is 5.82 Å². The number of primary sulfonamides is 1. The molecule has 0 fully saturated rings. The Kier molecular flexibility index (Phi) is 4.38. The van der Waals surface area contributed by atoms with Crippen molar-refractivity contribution >= 4 is 15.9 Å². The van der Waals surface area contributed by atoms with E-state index in [1.807, 2.05) is 18.2 Å². The summed E-state index contributed by atoms with van der Waals surface area (Å²) < 4.78 is 36.6. The molecule has 0 saturated carbocycles. The van der Waals surface area contributed by atoms with E-state index in [9.17, 15) is 17.6 Å². The zero-order chi connectivity index (χ0) is 17.3. The number of aryl methyl sites for hydroxylation is 1. The third kappa shape index (κ3) is 3.47. The van der Waals surface area contributed by atoms with Gasteiger partial charge in [-0.05, 0) is 48.6 Å². The minimum Gasteiger partial charge on any atom is -0.349 e. The van der Waals surface area contributed by atoms with Gasteiger partial charge in [-0.1, -0.05) is 24.3 Å². The molecule has 3 N–H and O–H groups in total. The number of hydrogen-bond acceptors (Lipinski definition) is 3. The fraction of sp³-hybridized carbons (Fsp3) is 0.235. The third-order valence-corrected chi connectivity index (χ3v) is 5.10. The second-order valence-corrected chi connectivity index (χ2v) is 7.43. The van der Waals surface area contributed by atoms with Crippen molar-refractivity contribution in [3.8, 4) is 0 Å². The van der Waals surface area contributed by atoms with Crippen LogP contribution in [-0.4, -0.2) is 20.4 Å². The van der Waals surface area contributed by atoms with Crippen LogP contribution < -0.4 is 10.5 Å². The fourth-order valence-electron chi connectivity index (χ4n) is 2.94. The van der Waals surface area contributed by atoms with Crippen LogP contribution in [0.2, 0.25) is 0 Å². The lowest BCUT2D eigenvalue weighted by Crippen LogP contribution is -2.39. The Labute approximate surface area is 139 Å². The van der Waals surface area contributed by atoms with Crippen molar-refractivity contribution in [2.45, 2.75) is 30.2 Å². The number of sulfonamides is 1. The molecule has 1 atom stereocenters. The van der Waals surface area contributed by atoms with Gasteiger partial charge in [0.15, 0.2) is 0 Å². The van der Waals surface area contributed by atoms with Crippen molar-refractivity contribution in [2.75, 3.05) is 0 Å². The number of fused-ring (bicyclic) bond motifs is 1. The topological polar surface area (TPSA) is 89.3 Å². The first-order valence-electron chi connectivity index (χ1n) is 7.54. The molecule has 24 heavy (non-hydrogen) atoms. The highest BCUT2D eigenvalue weighted by molar-refractivity contribution is 7.89. The van der Waals surface area contributed by atoms with Crippen LogP contribution in [0.25, 0.3) is 0 Å². The standard InChI is InChI=1S/C17H17FN2O3S/c18-16-8-7-14(24(19,22)23)10-15(16)17(21)20-13-6-5-11-3-1-2-4-12(11)9-13/h1-4,7-8,10,13H,5-6,9H2,(H,20,21)(H2,19,22,23). The summed E-state index contributed by atoms with van der Waals surface area (Å²) in [6.45, 7) is 0. The van der Waals surface area contributed by atoms with E-state index >= 15 is 0 Å². The average Bonchev–Trinajstić information content (AvgIpc) is 2.54. The maximum Gasteiger partial charge on any atom is 0.254 e. The zero-order valence-corrected chi connectivity index (χ0v) is 13.6. The summed E-state index contributed by atoms with van der Waals surface area (Å²) in [6.07, 6.45) is 2.25. The van der Waals surface area contributed by atoms with Gasteiger partial charge in [-0.2, -0.15) is 0 Å². The largest absolute Gasteiger partial charge is 0.349 e. The number of nitrogens with one attached hydrogen (secondary N) is 1. The first-order chi connectivity index (χ1) is 11.3. The molecule has 2 aromatic carbocycles. The van der Waals surface area contributed by atoms with Gasteiger partial charge in [0.05, 0.1) is 10.5 Å². The number of hydrogen-bond donors (Lipinski definition) is 2. The first-order valence-corrected chi connectivity index (χ1v) is 9.09. The van der Waals surface area contributed by atoms with Gasteiger partial charge in [-0.25, -0.2) is 17.9 Å². The van der Waals surface area contributed by atoms with Crippen LogP contribution in [0.3, 0.4) is 0 Å². The maximum atomic E-state index is 13.9. The summed E-state index contributed by atoms with van der Waals surface area (Å²) in [7, 11) is -4.00. The Hall–Kier alpha value is -2.25.